The predicted molar refractivity (Wildman–Crippen MR) is 73.9 cm³/mol. The Labute approximate surface area is 122 Å². The lowest BCUT2D eigenvalue weighted by Gasteiger charge is -2.30. The van der Waals surface area contributed by atoms with E-state index in [1.165, 1.54) is 0 Å². The molecule has 0 radical (unpaired) electrons. The molecule has 0 aromatic heterocycles. The molecule has 0 saturated heterocycles. The van der Waals surface area contributed by atoms with Gasteiger partial charge in [-0.1, -0.05) is 43.7 Å². The molecular formula is C15H20F3NO2. The van der Waals surface area contributed by atoms with Gasteiger partial charge in [-0.2, -0.15) is 13.2 Å². The van der Waals surface area contributed by atoms with Crippen molar-refractivity contribution in [3.05, 3.63) is 35.4 Å². The smallest absolute Gasteiger partial charge is 0.394 e. The van der Waals surface area contributed by atoms with Crippen molar-refractivity contribution in [2.24, 2.45) is 5.41 Å². The van der Waals surface area contributed by atoms with Crippen molar-refractivity contribution >= 4 is 5.97 Å². The maximum atomic E-state index is 12.9. The molecule has 3 nitrogen and oxygen atoms in total. The first-order chi connectivity index (χ1) is 9.53. The second-order valence-corrected chi connectivity index (χ2v) is 5.85. The molecule has 1 unspecified atom stereocenters. The van der Waals surface area contributed by atoms with Crippen LogP contribution in [0.25, 0.3) is 0 Å². The SMILES string of the molecule is Cc1cccc(CNC(CC(C)(C)C(F)(F)F)C(=O)O)c1. The van der Waals surface area contributed by atoms with Crippen LogP contribution in [-0.4, -0.2) is 23.3 Å². The highest BCUT2D eigenvalue weighted by atomic mass is 19.4. The number of rotatable bonds is 6. The van der Waals surface area contributed by atoms with Crippen molar-refractivity contribution in [3.8, 4) is 0 Å². The van der Waals surface area contributed by atoms with Crippen LogP contribution in [0.1, 0.15) is 31.4 Å². The zero-order valence-corrected chi connectivity index (χ0v) is 12.3. The van der Waals surface area contributed by atoms with E-state index in [2.05, 4.69) is 5.32 Å². The van der Waals surface area contributed by atoms with Gasteiger partial charge in [-0.25, -0.2) is 0 Å². The Morgan fingerprint density at radius 3 is 2.43 bits per heavy atom. The Morgan fingerprint density at radius 1 is 1.33 bits per heavy atom. The fourth-order valence-electron chi connectivity index (χ4n) is 1.94. The molecule has 1 rings (SSSR count). The molecule has 2 N–H and O–H groups in total. The number of nitrogens with one attached hydrogen (secondary N) is 1. The maximum absolute atomic E-state index is 12.9. The van der Waals surface area contributed by atoms with Crippen LogP contribution in [0.4, 0.5) is 13.2 Å². The van der Waals surface area contributed by atoms with E-state index in [0.717, 1.165) is 25.0 Å². The van der Waals surface area contributed by atoms with Crippen LogP contribution in [0.3, 0.4) is 0 Å². The van der Waals surface area contributed by atoms with Gasteiger partial charge in [-0.3, -0.25) is 4.79 Å². The standard InChI is InChI=1S/C15H20F3NO2/c1-10-5-4-6-11(7-10)9-19-12(13(20)21)8-14(2,3)15(16,17)18/h4-7,12,19H,8-9H2,1-3H3,(H,20,21). The van der Waals surface area contributed by atoms with Gasteiger partial charge >= 0.3 is 12.1 Å². The van der Waals surface area contributed by atoms with Gasteiger partial charge in [0.05, 0.1) is 5.41 Å². The summed E-state index contributed by atoms with van der Waals surface area (Å²) >= 11 is 0. The molecule has 0 amide bonds. The summed E-state index contributed by atoms with van der Waals surface area (Å²) in [6, 6.07) is 6.13. The van der Waals surface area contributed by atoms with Gasteiger partial charge in [0.1, 0.15) is 6.04 Å². The Balaban J connectivity index is 2.73. The fourth-order valence-corrected chi connectivity index (χ4v) is 1.94. The largest absolute Gasteiger partial charge is 0.480 e. The summed E-state index contributed by atoms with van der Waals surface area (Å²) in [7, 11) is 0. The van der Waals surface area contributed by atoms with Crippen LogP contribution in [-0.2, 0) is 11.3 Å². The van der Waals surface area contributed by atoms with Gasteiger partial charge in [-0.05, 0) is 18.9 Å². The van der Waals surface area contributed by atoms with Crippen molar-refractivity contribution < 1.29 is 23.1 Å². The number of aryl methyl sites for hydroxylation is 1. The van der Waals surface area contributed by atoms with E-state index in [9.17, 15) is 18.0 Å². The third-order valence-corrected chi connectivity index (χ3v) is 3.41. The highest BCUT2D eigenvalue weighted by Crippen LogP contribution is 2.41. The molecule has 21 heavy (non-hydrogen) atoms. The van der Waals surface area contributed by atoms with Crippen LogP contribution >= 0.6 is 0 Å². The van der Waals surface area contributed by atoms with Crippen molar-refractivity contribution in [1.82, 2.24) is 5.32 Å². The Bertz CT molecular complexity index is 498. The fraction of sp³-hybridized carbons (Fsp3) is 0.533. The summed E-state index contributed by atoms with van der Waals surface area (Å²) in [5, 5.41) is 11.8. The third kappa shape index (κ3) is 5.04. The first kappa shape index (κ1) is 17.5. The Kier molecular flexibility index (Phi) is 5.39. The van der Waals surface area contributed by atoms with E-state index in [1.807, 2.05) is 25.1 Å². The zero-order valence-electron chi connectivity index (χ0n) is 12.3. The minimum Gasteiger partial charge on any atom is -0.480 e. The molecule has 0 bridgehead atoms. The number of halogens is 3. The second-order valence-electron chi connectivity index (χ2n) is 5.85. The minimum absolute atomic E-state index is 0.215. The van der Waals surface area contributed by atoms with E-state index in [1.54, 1.807) is 6.07 Å². The normalized spacial score (nSPS) is 14.0. The molecule has 0 aliphatic rings. The van der Waals surface area contributed by atoms with E-state index >= 15 is 0 Å². The van der Waals surface area contributed by atoms with Crippen LogP contribution in [0.2, 0.25) is 0 Å². The molecule has 1 aromatic rings. The summed E-state index contributed by atoms with van der Waals surface area (Å²) in [5.74, 6) is -1.28. The molecule has 0 saturated carbocycles. The highest BCUT2D eigenvalue weighted by Gasteiger charge is 2.49. The molecule has 0 aliphatic carbocycles. The summed E-state index contributed by atoms with van der Waals surface area (Å²) in [5.41, 5.74) is -0.210. The molecule has 1 aromatic carbocycles. The van der Waals surface area contributed by atoms with E-state index < -0.39 is 30.0 Å². The maximum Gasteiger partial charge on any atom is 0.394 e. The van der Waals surface area contributed by atoms with Gasteiger partial charge in [0.15, 0.2) is 0 Å². The Morgan fingerprint density at radius 2 is 1.95 bits per heavy atom. The Hall–Kier alpha value is -1.56. The first-order valence-electron chi connectivity index (χ1n) is 6.61. The topological polar surface area (TPSA) is 49.3 Å². The lowest BCUT2D eigenvalue weighted by Crippen LogP contribution is -2.44. The van der Waals surface area contributed by atoms with Gasteiger partial charge in [0, 0.05) is 6.54 Å². The quantitative estimate of drug-likeness (QED) is 0.845. The molecule has 0 aliphatic heterocycles. The number of carboxylic acid groups (broad SMARTS) is 1. The summed E-state index contributed by atoms with van der Waals surface area (Å²) < 4.78 is 38.6. The minimum atomic E-state index is -4.44. The number of alkyl halides is 3. The molecule has 0 fully saturated rings. The number of carboxylic acids is 1. The average molecular weight is 303 g/mol. The molecule has 1 atom stereocenters. The van der Waals surface area contributed by atoms with Gasteiger partial charge in [0.25, 0.3) is 0 Å². The highest BCUT2D eigenvalue weighted by molar-refractivity contribution is 5.73. The van der Waals surface area contributed by atoms with Crippen LogP contribution in [0.5, 0.6) is 0 Å². The molecule has 6 heteroatoms. The van der Waals surface area contributed by atoms with E-state index in [4.69, 9.17) is 5.11 Å². The summed E-state index contributed by atoms with van der Waals surface area (Å²) in [6.45, 7) is 4.13. The van der Waals surface area contributed by atoms with Crippen molar-refractivity contribution in [2.75, 3.05) is 0 Å². The monoisotopic (exact) mass is 303 g/mol. The van der Waals surface area contributed by atoms with Crippen molar-refractivity contribution in [2.45, 2.75) is 46.0 Å². The summed E-state index contributed by atoms with van der Waals surface area (Å²) in [4.78, 5) is 11.2. The van der Waals surface area contributed by atoms with Gasteiger partial charge in [0.2, 0.25) is 0 Å². The molecule has 0 heterocycles. The van der Waals surface area contributed by atoms with E-state index in [-0.39, 0.29) is 6.54 Å². The number of aliphatic carboxylic acids is 1. The lowest BCUT2D eigenvalue weighted by atomic mass is 9.85. The van der Waals surface area contributed by atoms with Gasteiger partial charge in [-0.15, -0.1) is 0 Å². The lowest BCUT2D eigenvalue weighted by molar-refractivity contribution is -0.216. The van der Waals surface area contributed by atoms with Crippen molar-refractivity contribution in [1.29, 1.82) is 0 Å². The second kappa shape index (κ2) is 6.47. The van der Waals surface area contributed by atoms with E-state index in [0.29, 0.717) is 0 Å². The molecule has 118 valence electrons. The third-order valence-electron chi connectivity index (χ3n) is 3.41. The van der Waals surface area contributed by atoms with Gasteiger partial charge < -0.3 is 10.4 Å². The summed E-state index contributed by atoms with van der Waals surface area (Å²) in [6.07, 6.45) is -4.95. The number of hydrogen-bond donors (Lipinski definition) is 2. The zero-order chi connectivity index (χ0) is 16.3. The van der Waals surface area contributed by atoms with Crippen LogP contribution < -0.4 is 5.32 Å². The number of benzene rings is 1. The molecule has 0 spiro atoms. The van der Waals surface area contributed by atoms with Crippen LogP contribution in [0, 0.1) is 12.3 Å². The molecular weight excluding hydrogens is 283 g/mol. The number of hydrogen-bond acceptors (Lipinski definition) is 2. The average Bonchev–Trinajstić information content (AvgIpc) is 2.32. The van der Waals surface area contributed by atoms with Crippen LogP contribution in [0.15, 0.2) is 24.3 Å². The van der Waals surface area contributed by atoms with Crippen molar-refractivity contribution in [3.63, 3.8) is 0 Å². The first-order valence-corrected chi connectivity index (χ1v) is 6.61. The number of carbonyl (C=O) groups is 1. The predicted octanol–water partition coefficient (Wildman–Crippen LogP) is 3.52.